The number of rotatable bonds is 8. The first kappa shape index (κ1) is 24.6. The molecule has 0 aliphatic rings. The molecule has 1 aromatic heterocycles. The van der Waals surface area contributed by atoms with Crippen molar-refractivity contribution < 1.29 is 14.5 Å². The van der Waals surface area contributed by atoms with Gasteiger partial charge in [-0.25, -0.2) is 0 Å². The standard InChI is InChI=1S/C24H22N4O5S/c1-16-4-8-18(9-5-16)27-23(30)21(14-17-6-10-19(11-7-17)28(31)32)34-24(27)20(15-25)22(29)26-12-3-13-33-2/h4-11,14H,3,12-13H2,1-2H3,(H,26,29)/b21-14-,24-20-. The van der Waals surface area contributed by atoms with Crippen molar-refractivity contribution in [3.05, 3.63) is 89.3 Å². The number of thiazole rings is 1. The van der Waals surface area contributed by atoms with Crippen LogP contribution in [0.2, 0.25) is 0 Å². The summed E-state index contributed by atoms with van der Waals surface area (Å²) in [5, 5.41) is 23.4. The van der Waals surface area contributed by atoms with Gasteiger partial charge < -0.3 is 10.1 Å². The number of ether oxygens (including phenoxy) is 1. The second kappa shape index (κ2) is 11.2. The molecular formula is C24H22N4O5S. The molecule has 34 heavy (non-hydrogen) atoms. The fraction of sp³-hybridized carbons (Fsp3) is 0.208. The molecule has 1 heterocycles. The minimum absolute atomic E-state index is 0.0636. The summed E-state index contributed by atoms with van der Waals surface area (Å²) in [5.74, 6) is -0.581. The first-order valence-electron chi connectivity index (χ1n) is 10.3. The Morgan fingerprint density at radius 1 is 1.24 bits per heavy atom. The lowest BCUT2D eigenvalue weighted by Gasteiger charge is -2.06. The second-order valence-corrected chi connectivity index (χ2v) is 8.36. The van der Waals surface area contributed by atoms with Gasteiger partial charge in [-0.2, -0.15) is 5.26 Å². The van der Waals surface area contributed by atoms with E-state index in [1.54, 1.807) is 25.3 Å². The number of aromatic nitrogens is 1. The highest BCUT2D eigenvalue weighted by molar-refractivity contribution is 7.07. The fourth-order valence-corrected chi connectivity index (χ4v) is 4.23. The first-order chi connectivity index (χ1) is 16.3. The van der Waals surface area contributed by atoms with Crippen molar-refractivity contribution in [3.63, 3.8) is 0 Å². The van der Waals surface area contributed by atoms with E-state index in [4.69, 9.17) is 4.74 Å². The Morgan fingerprint density at radius 3 is 2.50 bits per heavy atom. The normalized spacial score (nSPS) is 12.2. The molecule has 174 valence electrons. The molecule has 0 aliphatic carbocycles. The number of benzene rings is 2. The number of carbonyl (C=O) groups is 1. The van der Waals surface area contributed by atoms with Crippen LogP contribution in [0.15, 0.2) is 53.3 Å². The largest absolute Gasteiger partial charge is 0.385 e. The van der Waals surface area contributed by atoms with Crippen LogP contribution in [-0.4, -0.2) is 35.7 Å². The van der Waals surface area contributed by atoms with Gasteiger partial charge in [0.1, 0.15) is 10.7 Å². The summed E-state index contributed by atoms with van der Waals surface area (Å²) in [4.78, 5) is 36.5. The van der Waals surface area contributed by atoms with Gasteiger partial charge in [-0.15, -0.1) is 11.3 Å². The average Bonchev–Trinajstić information content (AvgIpc) is 3.13. The molecule has 0 atom stereocenters. The molecule has 9 nitrogen and oxygen atoms in total. The molecule has 0 spiro atoms. The summed E-state index contributed by atoms with van der Waals surface area (Å²) < 4.78 is 6.80. The van der Waals surface area contributed by atoms with Crippen LogP contribution in [0.3, 0.4) is 0 Å². The molecule has 0 fully saturated rings. The summed E-state index contributed by atoms with van der Waals surface area (Å²) >= 11 is 1.01. The zero-order valence-electron chi connectivity index (χ0n) is 18.6. The van der Waals surface area contributed by atoms with Crippen LogP contribution < -0.4 is 20.1 Å². The van der Waals surface area contributed by atoms with E-state index in [1.807, 2.05) is 25.1 Å². The summed E-state index contributed by atoms with van der Waals surface area (Å²) in [7, 11) is 1.56. The maximum Gasteiger partial charge on any atom is 0.273 e. The molecular weight excluding hydrogens is 456 g/mol. The van der Waals surface area contributed by atoms with Crippen LogP contribution in [0.25, 0.3) is 17.3 Å². The minimum Gasteiger partial charge on any atom is -0.385 e. The maximum absolute atomic E-state index is 13.4. The van der Waals surface area contributed by atoms with Crippen LogP contribution in [0, 0.1) is 28.4 Å². The van der Waals surface area contributed by atoms with Crippen molar-refractivity contribution in [2.75, 3.05) is 20.3 Å². The van der Waals surface area contributed by atoms with Gasteiger partial charge in [-0.3, -0.25) is 24.3 Å². The van der Waals surface area contributed by atoms with Crippen LogP contribution in [-0.2, 0) is 9.53 Å². The number of nitrogens with zero attached hydrogens (tertiary/aromatic N) is 3. The Hall–Kier alpha value is -4.07. The van der Waals surface area contributed by atoms with Gasteiger partial charge in [0.05, 0.1) is 15.1 Å². The number of nitrogens with one attached hydrogen (secondary N) is 1. The van der Waals surface area contributed by atoms with Crippen molar-refractivity contribution in [1.29, 1.82) is 5.26 Å². The van der Waals surface area contributed by atoms with Gasteiger partial charge in [0.25, 0.3) is 17.2 Å². The predicted molar refractivity (Wildman–Crippen MR) is 129 cm³/mol. The van der Waals surface area contributed by atoms with E-state index in [-0.39, 0.29) is 20.5 Å². The molecule has 1 amide bonds. The maximum atomic E-state index is 13.4. The Kier molecular flexibility index (Phi) is 8.08. The average molecular weight is 479 g/mol. The zero-order chi connectivity index (χ0) is 24.7. The Balaban J connectivity index is 2.20. The van der Waals surface area contributed by atoms with Crippen molar-refractivity contribution in [2.45, 2.75) is 13.3 Å². The summed E-state index contributed by atoms with van der Waals surface area (Å²) in [6.45, 7) is 2.69. The minimum atomic E-state index is -0.581. The number of amides is 1. The van der Waals surface area contributed by atoms with Crippen molar-refractivity contribution in [2.24, 2.45) is 0 Å². The number of carbonyl (C=O) groups excluding carboxylic acids is 1. The van der Waals surface area contributed by atoms with Gasteiger partial charge in [0.2, 0.25) is 0 Å². The number of hydrogen-bond acceptors (Lipinski definition) is 7. The lowest BCUT2D eigenvalue weighted by atomic mass is 10.2. The first-order valence-corrected chi connectivity index (χ1v) is 11.1. The lowest BCUT2D eigenvalue weighted by Crippen LogP contribution is -2.34. The van der Waals surface area contributed by atoms with Crippen LogP contribution in [0.5, 0.6) is 0 Å². The molecule has 0 radical (unpaired) electrons. The molecule has 2 aromatic carbocycles. The van der Waals surface area contributed by atoms with E-state index in [1.165, 1.54) is 28.8 Å². The van der Waals surface area contributed by atoms with E-state index in [2.05, 4.69) is 5.32 Å². The zero-order valence-corrected chi connectivity index (χ0v) is 19.4. The summed E-state index contributed by atoms with van der Waals surface area (Å²) in [6, 6.07) is 14.9. The molecule has 3 aromatic rings. The highest BCUT2D eigenvalue weighted by atomic mass is 32.1. The Bertz CT molecular complexity index is 1410. The van der Waals surface area contributed by atoms with Crippen molar-refractivity contribution >= 4 is 34.6 Å². The van der Waals surface area contributed by atoms with E-state index in [0.29, 0.717) is 30.8 Å². The topological polar surface area (TPSA) is 127 Å². The predicted octanol–water partition coefficient (Wildman–Crippen LogP) is 1.77. The van der Waals surface area contributed by atoms with Gasteiger partial charge in [-0.1, -0.05) is 17.7 Å². The lowest BCUT2D eigenvalue weighted by molar-refractivity contribution is -0.384. The highest BCUT2D eigenvalue weighted by Gasteiger charge is 2.17. The van der Waals surface area contributed by atoms with Crippen molar-refractivity contribution in [3.8, 4) is 11.8 Å². The number of nitro groups is 1. The molecule has 1 N–H and O–H groups in total. The smallest absolute Gasteiger partial charge is 0.273 e. The fourth-order valence-electron chi connectivity index (χ4n) is 3.12. The third kappa shape index (κ3) is 5.64. The number of hydrogen-bond donors (Lipinski definition) is 1. The van der Waals surface area contributed by atoms with E-state index >= 15 is 0 Å². The molecule has 3 rings (SSSR count). The number of methoxy groups -OCH3 is 1. The number of aryl methyl sites for hydroxylation is 1. The van der Waals surface area contributed by atoms with Crippen LogP contribution >= 0.6 is 11.3 Å². The third-order valence-corrected chi connectivity index (χ3v) is 5.97. The highest BCUT2D eigenvalue weighted by Crippen LogP contribution is 2.12. The molecule has 0 saturated carbocycles. The van der Waals surface area contributed by atoms with Gasteiger partial charge in [0.15, 0.2) is 5.57 Å². The molecule has 10 heteroatoms. The number of non-ortho nitro benzene ring substituents is 1. The number of nitro benzene ring substituents is 1. The van der Waals surface area contributed by atoms with Gasteiger partial charge in [-0.05, 0) is 49.2 Å². The van der Waals surface area contributed by atoms with Gasteiger partial charge >= 0.3 is 0 Å². The van der Waals surface area contributed by atoms with Crippen LogP contribution in [0.1, 0.15) is 17.5 Å². The van der Waals surface area contributed by atoms with E-state index in [0.717, 1.165) is 16.9 Å². The van der Waals surface area contributed by atoms with Crippen molar-refractivity contribution in [1.82, 2.24) is 9.88 Å². The molecule has 0 bridgehead atoms. The SMILES string of the molecule is COCCCNC(=O)/C(C#N)=c1\s/c(=C\c2ccc([N+](=O)[O-])cc2)c(=O)n1-c1ccc(C)cc1. The summed E-state index contributed by atoms with van der Waals surface area (Å²) in [6.07, 6.45) is 2.16. The van der Waals surface area contributed by atoms with E-state index in [9.17, 15) is 25.0 Å². The molecule has 0 saturated heterocycles. The Labute approximate surface area is 199 Å². The Morgan fingerprint density at radius 2 is 1.91 bits per heavy atom. The number of nitriles is 1. The van der Waals surface area contributed by atoms with Crippen LogP contribution in [0.4, 0.5) is 5.69 Å². The second-order valence-electron chi connectivity index (χ2n) is 7.33. The molecule has 0 unspecified atom stereocenters. The summed E-state index contributed by atoms with van der Waals surface area (Å²) in [5.41, 5.74) is 1.45. The van der Waals surface area contributed by atoms with E-state index < -0.39 is 16.4 Å². The monoisotopic (exact) mass is 478 g/mol. The quantitative estimate of drug-likeness (QED) is 0.299. The third-order valence-electron chi connectivity index (χ3n) is 4.88. The molecule has 0 aliphatic heterocycles. The van der Waals surface area contributed by atoms with Gasteiger partial charge in [0, 0.05) is 32.4 Å².